The van der Waals surface area contributed by atoms with Gasteiger partial charge in [0.05, 0.1) is 0 Å². The Bertz CT molecular complexity index is 191. The van der Waals surface area contributed by atoms with E-state index in [9.17, 15) is 4.79 Å². The van der Waals surface area contributed by atoms with Crippen molar-refractivity contribution < 1.29 is 6.22 Å². The first-order chi connectivity index (χ1) is 7.77. The average Bonchev–Trinajstić information content (AvgIpc) is 2.57. The standard InChI is InChI=1S/C10H21N3O.C2H6.H2/c1-12-10(14)9-3-2-6-13(7-4-9)8-5-11;1-2;/h9H,2-8,11H2,1H3,(H,12,14);1-2H3;1H. The first kappa shape index (κ1) is 15.4. The second kappa shape index (κ2) is 9.60. The molecular weight excluding hydrogens is 202 g/mol. The number of amides is 1. The van der Waals surface area contributed by atoms with Crippen molar-refractivity contribution in [2.45, 2.75) is 33.1 Å². The molecule has 1 heterocycles. The van der Waals surface area contributed by atoms with Crippen molar-refractivity contribution in [3.05, 3.63) is 0 Å². The molecule has 0 aliphatic carbocycles. The number of rotatable bonds is 3. The van der Waals surface area contributed by atoms with Crippen molar-refractivity contribution in [3.63, 3.8) is 0 Å². The van der Waals surface area contributed by atoms with Crippen LogP contribution in [0.15, 0.2) is 0 Å². The van der Waals surface area contributed by atoms with Gasteiger partial charge >= 0.3 is 0 Å². The van der Waals surface area contributed by atoms with Crippen LogP contribution in [0.25, 0.3) is 0 Å². The molecule has 1 amide bonds. The van der Waals surface area contributed by atoms with Crippen molar-refractivity contribution in [1.29, 1.82) is 0 Å². The normalized spacial score (nSPS) is 21.6. The first-order valence-electron chi connectivity index (χ1n) is 6.42. The van der Waals surface area contributed by atoms with E-state index in [1.54, 1.807) is 7.05 Å². The molecule has 98 valence electrons. The molecule has 0 aromatic carbocycles. The van der Waals surface area contributed by atoms with E-state index in [1.807, 2.05) is 13.8 Å². The van der Waals surface area contributed by atoms with Crippen LogP contribution in [0.3, 0.4) is 0 Å². The van der Waals surface area contributed by atoms with Gasteiger partial charge in [-0.15, -0.1) is 0 Å². The van der Waals surface area contributed by atoms with Crippen LogP contribution in [0.1, 0.15) is 34.5 Å². The molecule has 0 saturated carbocycles. The number of nitrogens with one attached hydrogen (secondary N) is 1. The van der Waals surface area contributed by atoms with Gasteiger partial charge in [-0.2, -0.15) is 0 Å². The van der Waals surface area contributed by atoms with E-state index < -0.39 is 0 Å². The molecule has 1 rings (SSSR count). The molecule has 1 atom stereocenters. The molecule has 4 heteroatoms. The Morgan fingerprint density at radius 3 is 2.69 bits per heavy atom. The molecule has 0 spiro atoms. The van der Waals surface area contributed by atoms with Gasteiger partial charge in [-0.05, 0) is 32.4 Å². The number of nitrogens with two attached hydrogens (primary N) is 1. The fourth-order valence-corrected chi connectivity index (χ4v) is 2.03. The summed E-state index contributed by atoms with van der Waals surface area (Å²) in [6.45, 7) is 7.77. The molecule has 0 aromatic rings. The maximum absolute atomic E-state index is 11.4. The van der Waals surface area contributed by atoms with Crippen LogP contribution in [0.5, 0.6) is 0 Å². The van der Waals surface area contributed by atoms with Crippen LogP contribution in [0.4, 0.5) is 0 Å². The summed E-state index contributed by atoms with van der Waals surface area (Å²) in [4.78, 5) is 13.8. The van der Waals surface area contributed by atoms with Crippen molar-refractivity contribution >= 4 is 5.91 Å². The van der Waals surface area contributed by atoms with Crippen LogP contribution in [-0.4, -0.2) is 44.0 Å². The summed E-state index contributed by atoms with van der Waals surface area (Å²) in [5, 5.41) is 2.73. The Labute approximate surface area is 101 Å². The molecule has 3 N–H and O–H groups in total. The number of likely N-dealkylation sites (tertiary alicyclic amines) is 1. The van der Waals surface area contributed by atoms with Crippen molar-refractivity contribution in [2.24, 2.45) is 11.7 Å². The van der Waals surface area contributed by atoms with E-state index in [0.717, 1.165) is 38.9 Å². The van der Waals surface area contributed by atoms with Gasteiger partial charge in [-0.25, -0.2) is 0 Å². The van der Waals surface area contributed by atoms with Gasteiger partial charge in [0.25, 0.3) is 0 Å². The third-order valence-corrected chi connectivity index (χ3v) is 2.88. The minimum atomic E-state index is 0. The van der Waals surface area contributed by atoms with Gasteiger partial charge in [0.1, 0.15) is 0 Å². The van der Waals surface area contributed by atoms with Crippen LogP contribution in [0.2, 0.25) is 0 Å². The van der Waals surface area contributed by atoms with Crippen LogP contribution >= 0.6 is 0 Å². The molecule has 1 fully saturated rings. The number of carbonyl (C=O) groups excluding carboxylic acids is 1. The summed E-state index contributed by atoms with van der Waals surface area (Å²) < 4.78 is 0. The van der Waals surface area contributed by atoms with Crippen molar-refractivity contribution in [1.82, 2.24) is 10.2 Å². The third-order valence-electron chi connectivity index (χ3n) is 2.88. The summed E-state index contributed by atoms with van der Waals surface area (Å²) in [5.41, 5.74) is 5.51. The monoisotopic (exact) mass is 231 g/mol. The lowest BCUT2D eigenvalue weighted by molar-refractivity contribution is -0.124. The Kier molecular flexibility index (Phi) is 9.24. The molecular formula is C12H29N3O. The highest BCUT2D eigenvalue weighted by atomic mass is 16.1. The zero-order valence-corrected chi connectivity index (χ0v) is 11.0. The van der Waals surface area contributed by atoms with E-state index in [-0.39, 0.29) is 13.3 Å². The topological polar surface area (TPSA) is 58.4 Å². The summed E-state index contributed by atoms with van der Waals surface area (Å²) in [6.07, 6.45) is 3.10. The molecule has 4 nitrogen and oxygen atoms in total. The van der Waals surface area contributed by atoms with Gasteiger partial charge in [0.15, 0.2) is 0 Å². The quantitative estimate of drug-likeness (QED) is 0.764. The highest BCUT2D eigenvalue weighted by molar-refractivity contribution is 5.78. The van der Waals surface area contributed by atoms with Crippen LogP contribution < -0.4 is 11.1 Å². The summed E-state index contributed by atoms with van der Waals surface area (Å²) >= 11 is 0. The molecule has 1 unspecified atom stereocenters. The fourth-order valence-electron chi connectivity index (χ4n) is 2.03. The highest BCUT2D eigenvalue weighted by Gasteiger charge is 2.21. The lowest BCUT2D eigenvalue weighted by Crippen LogP contribution is -2.31. The molecule has 0 radical (unpaired) electrons. The SMILES string of the molecule is CC.CNC(=O)C1CCCN(CCN)CC1.[HH]. The summed E-state index contributed by atoms with van der Waals surface area (Å²) in [7, 11) is 1.71. The lowest BCUT2D eigenvalue weighted by Gasteiger charge is -2.18. The molecule has 16 heavy (non-hydrogen) atoms. The van der Waals surface area contributed by atoms with Gasteiger partial charge in [0, 0.05) is 27.5 Å². The maximum Gasteiger partial charge on any atom is 0.222 e. The van der Waals surface area contributed by atoms with Gasteiger partial charge < -0.3 is 16.0 Å². The first-order valence-corrected chi connectivity index (χ1v) is 6.42. The van der Waals surface area contributed by atoms with E-state index in [1.165, 1.54) is 0 Å². The van der Waals surface area contributed by atoms with Gasteiger partial charge in [-0.3, -0.25) is 4.79 Å². The van der Waals surface area contributed by atoms with Crippen LogP contribution in [0, 0.1) is 5.92 Å². The largest absolute Gasteiger partial charge is 0.359 e. The second-order valence-electron chi connectivity index (χ2n) is 3.87. The summed E-state index contributed by atoms with van der Waals surface area (Å²) in [6, 6.07) is 0. The lowest BCUT2D eigenvalue weighted by atomic mass is 10.0. The smallest absolute Gasteiger partial charge is 0.222 e. The third kappa shape index (κ3) is 5.47. The molecule has 1 aliphatic rings. The minimum absolute atomic E-state index is 0. The van der Waals surface area contributed by atoms with Crippen LogP contribution in [-0.2, 0) is 4.79 Å². The molecule has 0 bridgehead atoms. The average molecular weight is 231 g/mol. The number of hydrogen-bond donors (Lipinski definition) is 2. The zero-order chi connectivity index (χ0) is 12.4. The molecule has 1 aliphatic heterocycles. The van der Waals surface area contributed by atoms with Crippen molar-refractivity contribution in [3.8, 4) is 0 Å². The Morgan fingerprint density at radius 2 is 2.12 bits per heavy atom. The Balaban J connectivity index is 0. The van der Waals surface area contributed by atoms with Gasteiger partial charge in [-0.1, -0.05) is 13.8 Å². The summed E-state index contributed by atoms with van der Waals surface area (Å²) in [5.74, 6) is 0.405. The van der Waals surface area contributed by atoms with Crippen molar-refractivity contribution in [2.75, 3.05) is 33.2 Å². The zero-order valence-electron chi connectivity index (χ0n) is 11.0. The fraction of sp³-hybridized carbons (Fsp3) is 0.917. The van der Waals surface area contributed by atoms with E-state index in [0.29, 0.717) is 6.54 Å². The predicted octanol–water partition coefficient (Wildman–Crippen LogP) is 1.07. The van der Waals surface area contributed by atoms with E-state index in [2.05, 4.69) is 10.2 Å². The van der Waals surface area contributed by atoms with Gasteiger partial charge in [0.2, 0.25) is 5.91 Å². The molecule has 0 aromatic heterocycles. The van der Waals surface area contributed by atoms with E-state index in [4.69, 9.17) is 5.73 Å². The Hall–Kier alpha value is -0.610. The highest BCUT2D eigenvalue weighted by Crippen LogP contribution is 2.17. The molecule has 1 saturated heterocycles. The number of hydrogen-bond acceptors (Lipinski definition) is 3. The number of nitrogens with zero attached hydrogens (tertiary/aromatic N) is 1. The van der Waals surface area contributed by atoms with E-state index >= 15 is 0 Å². The number of carbonyl (C=O) groups is 1. The predicted molar refractivity (Wildman–Crippen MR) is 70.4 cm³/mol. The Morgan fingerprint density at radius 1 is 1.44 bits per heavy atom. The minimum Gasteiger partial charge on any atom is -0.359 e. The second-order valence-corrected chi connectivity index (χ2v) is 3.87. The maximum atomic E-state index is 11.4.